The number of benzene rings is 2. The van der Waals surface area contributed by atoms with Crippen molar-refractivity contribution >= 4 is 17.3 Å². The Morgan fingerprint density at radius 2 is 1.71 bits per heavy atom. The quantitative estimate of drug-likeness (QED) is 0.424. The maximum Gasteiger partial charge on any atom is 0.416 e. The number of carbonyl (C=O) groups excluding carboxylic acids is 1. The van der Waals surface area contributed by atoms with E-state index >= 15 is 0 Å². The lowest BCUT2D eigenvalue weighted by atomic mass is 10.1. The normalized spacial score (nSPS) is 15.0. The van der Waals surface area contributed by atoms with Gasteiger partial charge >= 0.3 is 6.18 Å². The van der Waals surface area contributed by atoms with E-state index < -0.39 is 22.4 Å². The van der Waals surface area contributed by atoms with E-state index in [1.807, 2.05) is 4.90 Å². The van der Waals surface area contributed by atoms with Crippen LogP contribution in [0.4, 0.5) is 28.9 Å². The minimum Gasteiger partial charge on any atom is -0.363 e. The molecule has 0 aliphatic carbocycles. The van der Waals surface area contributed by atoms with Gasteiger partial charge in [-0.25, -0.2) is 4.39 Å². The van der Waals surface area contributed by atoms with Crippen LogP contribution < -0.4 is 10.2 Å². The molecule has 166 valence electrons. The maximum atomic E-state index is 12.9. The lowest BCUT2D eigenvalue weighted by Crippen LogP contribution is -2.49. The first-order valence-electron chi connectivity index (χ1n) is 9.47. The second-order valence-electron chi connectivity index (χ2n) is 7.12. The maximum absolute atomic E-state index is 12.9. The van der Waals surface area contributed by atoms with E-state index in [1.54, 1.807) is 17.0 Å². The van der Waals surface area contributed by atoms with Crippen LogP contribution in [0, 0.1) is 15.9 Å². The summed E-state index contributed by atoms with van der Waals surface area (Å²) < 4.78 is 51.5. The molecule has 1 aliphatic rings. The van der Waals surface area contributed by atoms with Crippen LogP contribution in [0.15, 0.2) is 42.5 Å². The number of nitro groups is 1. The van der Waals surface area contributed by atoms with Crippen molar-refractivity contribution in [3.63, 3.8) is 0 Å². The molecular weight excluding hydrogens is 420 g/mol. The van der Waals surface area contributed by atoms with Gasteiger partial charge in [0.2, 0.25) is 5.91 Å². The summed E-state index contributed by atoms with van der Waals surface area (Å²) in [7, 11) is 0. The van der Waals surface area contributed by atoms with Crippen LogP contribution in [-0.4, -0.2) is 48.5 Å². The molecule has 0 unspecified atom stereocenters. The second-order valence-corrected chi connectivity index (χ2v) is 7.12. The number of amides is 1. The highest BCUT2D eigenvalue weighted by molar-refractivity contribution is 5.78. The molecule has 11 heteroatoms. The third kappa shape index (κ3) is 5.91. The zero-order valence-electron chi connectivity index (χ0n) is 16.4. The van der Waals surface area contributed by atoms with Gasteiger partial charge in [-0.3, -0.25) is 19.8 Å². The van der Waals surface area contributed by atoms with Crippen LogP contribution in [0.5, 0.6) is 0 Å². The molecule has 31 heavy (non-hydrogen) atoms. The van der Waals surface area contributed by atoms with E-state index in [1.165, 1.54) is 12.1 Å². The molecule has 0 radical (unpaired) electrons. The summed E-state index contributed by atoms with van der Waals surface area (Å²) in [4.78, 5) is 26.1. The molecule has 1 saturated heterocycles. The number of halogens is 4. The molecule has 1 heterocycles. The van der Waals surface area contributed by atoms with Crippen molar-refractivity contribution in [2.45, 2.75) is 12.7 Å². The molecule has 0 atom stereocenters. The molecule has 3 rings (SSSR count). The fourth-order valence-corrected chi connectivity index (χ4v) is 3.32. The van der Waals surface area contributed by atoms with E-state index in [0.29, 0.717) is 32.2 Å². The Morgan fingerprint density at radius 3 is 2.29 bits per heavy atom. The first-order valence-corrected chi connectivity index (χ1v) is 9.47. The number of hydrogen-bond donors (Lipinski definition) is 1. The van der Waals surface area contributed by atoms with Crippen LogP contribution in [0.25, 0.3) is 0 Å². The smallest absolute Gasteiger partial charge is 0.363 e. The van der Waals surface area contributed by atoms with Gasteiger partial charge in [-0.15, -0.1) is 0 Å². The number of piperazine rings is 1. The number of nitro benzene ring substituents is 1. The van der Waals surface area contributed by atoms with Crippen LogP contribution in [0.3, 0.4) is 0 Å². The first-order chi connectivity index (χ1) is 14.6. The van der Waals surface area contributed by atoms with Crippen LogP contribution in [0.1, 0.15) is 11.1 Å². The summed E-state index contributed by atoms with van der Waals surface area (Å²) in [6, 6.07) is 8.26. The third-order valence-corrected chi connectivity index (χ3v) is 4.98. The van der Waals surface area contributed by atoms with Gasteiger partial charge in [0, 0.05) is 38.8 Å². The molecule has 1 aliphatic heterocycles. The second kappa shape index (κ2) is 9.29. The zero-order chi connectivity index (χ0) is 22.6. The summed E-state index contributed by atoms with van der Waals surface area (Å²) in [5.74, 6) is -0.584. The highest BCUT2D eigenvalue weighted by Gasteiger charge is 2.34. The molecule has 2 aromatic rings. The van der Waals surface area contributed by atoms with E-state index in [4.69, 9.17) is 0 Å². The number of nitrogens with one attached hydrogen (secondary N) is 1. The molecule has 0 spiro atoms. The molecule has 0 aromatic heterocycles. The largest absolute Gasteiger partial charge is 0.416 e. The van der Waals surface area contributed by atoms with E-state index in [-0.39, 0.29) is 30.5 Å². The standard InChI is InChI=1S/C20H20F4N4O3/c21-16-4-1-14(2-5-16)12-25-19(29)13-26-7-9-27(10-8-26)17-6-3-15(20(22,23)24)11-18(17)28(30)31/h1-6,11H,7-10,12-13H2,(H,25,29). The summed E-state index contributed by atoms with van der Waals surface area (Å²) in [5, 5.41) is 14.0. The Kier molecular flexibility index (Phi) is 6.74. The van der Waals surface area contributed by atoms with Gasteiger partial charge in [-0.1, -0.05) is 12.1 Å². The van der Waals surface area contributed by atoms with Crippen molar-refractivity contribution < 1.29 is 27.3 Å². The highest BCUT2D eigenvalue weighted by atomic mass is 19.4. The zero-order valence-corrected chi connectivity index (χ0v) is 16.4. The number of alkyl halides is 3. The van der Waals surface area contributed by atoms with Crippen molar-refractivity contribution in [3.05, 3.63) is 69.5 Å². The van der Waals surface area contributed by atoms with Gasteiger partial charge in [-0.05, 0) is 29.8 Å². The van der Waals surface area contributed by atoms with Gasteiger partial charge in [0.15, 0.2) is 0 Å². The Balaban J connectivity index is 1.55. The molecule has 7 nitrogen and oxygen atoms in total. The number of carbonyl (C=O) groups is 1. The van der Waals surface area contributed by atoms with Crippen molar-refractivity contribution in [3.8, 4) is 0 Å². The average molecular weight is 440 g/mol. The fourth-order valence-electron chi connectivity index (χ4n) is 3.32. The number of hydrogen-bond acceptors (Lipinski definition) is 5. The molecular formula is C20H20F4N4O3. The van der Waals surface area contributed by atoms with Crippen LogP contribution >= 0.6 is 0 Å². The topological polar surface area (TPSA) is 78.7 Å². The first kappa shape index (κ1) is 22.5. The minimum atomic E-state index is -4.66. The minimum absolute atomic E-state index is 0.115. The molecule has 1 fully saturated rings. The molecule has 1 N–H and O–H groups in total. The Bertz CT molecular complexity index is 942. The Hall–Kier alpha value is -3.21. The van der Waals surface area contributed by atoms with Crippen molar-refractivity contribution in [2.75, 3.05) is 37.6 Å². The predicted octanol–water partition coefficient (Wildman–Crippen LogP) is 3.19. The molecule has 1 amide bonds. The predicted molar refractivity (Wildman–Crippen MR) is 105 cm³/mol. The average Bonchev–Trinajstić information content (AvgIpc) is 2.73. The molecule has 0 bridgehead atoms. The van der Waals surface area contributed by atoms with Gasteiger partial charge in [-0.2, -0.15) is 13.2 Å². The van der Waals surface area contributed by atoms with Gasteiger partial charge < -0.3 is 10.2 Å². The van der Waals surface area contributed by atoms with E-state index in [9.17, 15) is 32.5 Å². The van der Waals surface area contributed by atoms with Crippen molar-refractivity contribution in [2.24, 2.45) is 0 Å². The summed E-state index contributed by atoms with van der Waals surface area (Å²) in [6.07, 6.45) is -4.66. The lowest BCUT2D eigenvalue weighted by Gasteiger charge is -2.35. The van der Waals surface area contributed by atoms with Gasteiger partial charge in [0.1, 0.15) is 11.5 Å². The summed E-state index contributed by atoms with van der Waals surface area (Å²) >= 11 is 0. The summed E-state index contributed by atoms with van der Waals surface area (Å²) in [6.45, 7) is 1.88. The van der Waals surface area contributed by atoms with E-state index in [2.05, 4.69) is 5.32 Å². The van der Waals surface area contributed by atoms with Gasteiger partial charge in [0.05, 0.1) is 17.0 Å². The van der Waals surface area contributed by atoms with Crippen LogP contribution in [-0.2, 0) is 17.5 Å². The summed E-state index contributed by atoms with van der Waals surface area (Å²) in [5.41, 5.74) is -0.785. The van der Waals surface area contributed by atoms with E-state index in [0.717, 1.165) is 17.7 Å². The number of nitrogens with zero attached hydrogens (tertiary/aromatic N) is 3. The monoisotopic (exact) mass is 440 g/mol. The van der Waals surface area contributed by atoms with Crippen LogP contribution in [0.2, 0.25) is 0 Å². The Labute approximate surface area is 175 Å². The molecule has 2 aromatic carbocycles. The van der Waals surface area contributed by atoms with Crippen molar-refractivity contribution in [1.29, 1.82) is 0 Å². The number of anilines is 1. The Morgan fingerprint density at radius 1 is 1.06 bits per heavy atom. The fraction of sp³-hybridized carbons (Fsp3) is 0.350. The van der Waals surface area contributed by atoms with Gasteiger partial charge in [0.25, 0.3) is 5.69 Å². The van der Waals surface area contributed by atoms with Crippen molar-refractivity contribution in [1.82, 2.24) is 10.2 Å². The molecule has 0 saturated carbocycles. The highest BCUT2D eigenvalue weighted by Crippen LogP contribution is 2.36. The SMILES string of the molecule is O=C(CN1CCN(c2ccc(C(F)(F)F)cc2[N+](=O)[O-])CC1)NCc1ccc(F)cc1. The number of rotatable bonds is 6. The third-order valence-electron chi connectivity index (χ3n) is 4.98. The lowest BCUT2D eigenvalue weighted by molar-refractivity contribution is -0.384.